The summed E-state index contributed by atoms with van der Waals surface area (Å²) in [6, 6.07) is 2.47. The molecular formula is C13H20N2S2. The molecular weight excluding hydrogens is 248 g/mol. The molecule has 0 N–H and O–H groups in total. The molecule has 0 radical (unpaired) electrons. The summed E-state index contributed by atoms with van der Waals surface area (Å²) < 4.78 is 0.958. The van der Waals surface area contributed by atoms with E-state index in [4.69, 9.17) is 12.2 Å². The molecule has 2 rings (SSSR count). The van der Waals surface area contributed by atoms with E-state index in [0.717, 1.165) is 17.4 Å². The first-order valence-corrected chi connectivity index (χ1v) is 7.95. The third-order valence-corrected chi connectivity index (χ3v) is 5.55. The van der Waals surface area contributed by atoms with Crippen LogP contribution in [0.3, 0.4) is 0 Å². The Morgan fingerprint density at radius 1 is 1.18 bits per heavy atom. The Labute approximate surface area is 114 Å². The molecule has 1 aliphatic carbocycles. The van der Waals surface area contributed by atoms with Gasteiger partial charge in [0.15, 0.2) is 0 Å². The molecule has 1 heterocycles. The normalized spacial score (nSPS) is 23.4. The van der Waals surface area contributed by atoms with Crippen LogP contribution >= 0.6 is 24.0 Å². The van der Waals surface area contributed by atoms with Gasteiger partial charge in [-0.1, -0.05) is 43.2 Å². The first-order valence-electron chi connectivity index (χ1n) is 6.66. The van der Waals surface area contributed by atoms with Crippen LogP contribution < -0.4 is 0 Å². The second kappa shape index (κ2) is 6.61. The number of nitrogens with zero attached hydrogens (tertiary/aromatic N) is 2. The molecule has 1 aliphatic heterocycles. The molecule has 0 amide bonds. The molecule has 1 unspecified atom stereocenters. The monoisotopic (exact) mass is 268 g/mol. The standard InChI is InChI=1S/C13H20N2S2/c14-10-12(11-6-2-1-3-7-11)17-13(16)15-8-4-5-9-15/h11-12H,1-9H2. The van der Waals surface area contributed by atoms with Crippen LogP contribution in [0.25, 0.3) is 0 Å². The highest BCUT2D eigenvalue weighted by Gasteiger charge is 2.27. The molecule has 4 heteroatoms. The summed E-state index contributed by atoms with van der Waals surface area (Å²) in [7, 11) is 0. The fourth-order valence-electron chi connectivity index (χ4n) is 2.75. The topological polar surface area (TPSA) is 27.0 Å². The molecule has 2 aliphatic rings. The van der Waals surface area contributed by atoms with Crippen molar-refractivity contribution in [2.75, 3.05) is 13.1 Å². The van der Waals surface area contributed by atoms with Crippen molar-refractivity contribution in [3.05, 3.63) is 0 Å². The van der Waals surface area contributed by atoms with E-state index in [1.54, 1.807) is 11.8 Å². The van der Waals surface area contributed by atoms with Crippen LogP contribution in [0.15, 0.2) is 0 Å². The predicted octanol–water partition coefficient (Wildman–Crippen LogP) is 3.57. The van der Waals surface area contributed by atoms with E-state index in [-0.39, 0.29) is 5.25 Å². The van der Waals surface area contributed by atoms with Crippen molar-refractivity contribution < 1.29 is 0 Å². The van der Waals surface area contributed by atoms with Gasteiger partial charge in [0, 0.05) is 13.1 Å². The van der Waals surface area contributed by atoms with Gasteiger partial charge in [-0.2, -0.15) is 5.26 Å². The van der Waals surface area contributed by atoms with Crippen molar-refractivity contribution in [3.8, 4) is 6.07 Å². The van der Waals surface area contributed by atoms with E-state index in [1.165, 1.54) is 44.9 Å². The van der Waals surface area contributed by atoms with Gasteiger partial charge >= 0.3 is 0 Å². The number of hydrogen-bond donors (Lipinski definition) is 0. The first kappa shape index (κ1) is 13.2. The van der Waals surface area contributed by atoms with E-state index >= 15 is 0 Å². The predicted molar refractivity (Wildman–Crippen MR) is 77.0 cm³/mol. The maximum Gasteiger partial charge on any atom is 0.137 e. The van der Waals surface area contributed by atoms with Gasteiger partial charge < -0.3 is 4.90 Å². The van der Waals surface area contributed by atoms with Gasteiger partial charge in [-0.15, -0.1) is 0 Å². The molecule has 1 saturated heterocycles. The number of hydrogen-bond acceptors (Lipinski definition) is 3. The Morgan fingerprint density at radius 2 is 1.82 bits per heavy atom. The van der Waals surface area contributed by atoms with Crippen molar-refractivity contribution in [1.29, 1.82) is 5.26 Å². The van der Waals surface area contributed by atoms with E-state index in [1.807, 2.05) is 0 Å². The van der Waals surface area contributed by atoms with Crippen molar-refractivity contribution in [3.63, 3.8) is 0 Å². The lowest BCUT2D eigenvalue weighted by Gasteiger charge is -2.27. The Kier molecular flexibility index (Phi) is 5.12. The van der Waals surface area contributed by atoms with Crippen LogP contribution in [0.5, 0.6) is 0 Å². The third kappa shape index (κ3) is 3.59. The molecule has 0 aromatic carbocycles. The largest absolute Gasteiger partial charge is 0.357 e. The lowest BCUT2D eigenvalue weighted by atomic mass is 9.87. The molecule has 17 heavy (non-hydrogen) atoms. The van der Waals surface area contributed by atoms with Gasteiger partial charge in [0.25, 0.3) is 0 Å². The second-order valence-corrected chi connectivity index (χ2v) is 6.80. The number of nitriles is 1. The molecule has 2 fully saturated rings. The number of thiocarbonyl (C=S) groups is 1. The Bertz CT molecular complexity index is 299. The summed E-state index contributed by atoms with van der Waals surface area (Å²) in [5.41, 5.74) is 0. The summed E-state index contributed by atoms with van der Waals surface area (Å²) in [6.45, 7) is 2.18. The van der Waals surface area contributed by atoms with Gasteiger partial charge in [0.1, 0.15) is 9.57 Å². The number of rotatable bonds is 2. The zero-order valence-corrected chi connectivity index (χ0v) is 11.9. The Balaban J connectivity index is 1.85. The first-order chi connectivity index (χ1) is 8.31. The number of thioether (sulfide) groups is 1. The van der Waals surface area contributed by atoms with Gasteiger partial charge in [0.2, 0.25) is 0 Å². The zero-order valence-electron chi connectivity index (χ0n) is 10.2. The van der Waals surface area contributed by atoms with Gasteiger partial charge in [0.05, 0.1) is 6.07 Å². The minimum Gasteiger partial charge on any atom is -0.357 e. The molecule has 0 bridgehead atoms. The molecule has 94 valence electrons. The maximum atomic E-state index is 9.32. The van der Waals surface area contributed by atoms with Crippen LogP contribution in [0.1, 0.15) is 44.9 Å². The Hall–Kier alpha value is -0.270. The quantitative estimate of drug-likeness (QED) is 0.715. The second-order valence-electron chi connectivity index (χ2n) is 5.03. The summed E-state index contributed by atoms with van der Waals surface area (Å²) in [5, 5.41) is 9.41. The molecule has 0 aromatic heterocycles. The van der Waals surface area contributed by atoms with Crippen LogP contribution in [0.2, 0.25) is 0 Å². The summed E-state index contributed by atoms with van der Waals surface area (Å²) in [5.74, 6) is 0.569. The lowest BCUT2D eigenvalue weighted by Crippen LogP contribution is -2.28. The van der Waals surface area contributed by atoms with Crippen LogP contribution in [-0.4, -0.2) is 27.6 Å². The third-order valence-electron chi connectivity index (χ3n) is 3.80. The molecule has 0 aromatic rings. The van der Waals surface area contributed by atoms with Gasteiger partial charge in [-0.25, -0.2) is 0 Å². The van der Waals surface area contributed by atoms with Crippen LogP contribution in [0, 0.1) is 17.2 Å². The minimum absolute atomic E-state index is 0.0865. The molecule has 0 spiro atoms. The van der Waals surface area contributed by atoms with Crippen LogP contribution in [-0.2, 0) is 0 Å². The van der Waals surface area contributed by atoms with E-state index in [0.29, 0.717) is 5.92 Å². The zero-order chi connectivity index (χ0) is 12.1. The van der Waals surface area contributed by atoms with E-state index < -0.39 is 0 Å². The highest BCUT2D eigenvalue weighted by atomic mass is 32.2. The lowest BCUT2D eigenvalue weighted by molar-refractivity contribution is 0.370. The molecule has 1 atom stereocenters. The Morgan fingerprint density at radius 3 is 2.41 bits per heavy atom. The number of likely N-dealkylation sites (tertiary alicyclic amines) is 1. The SMILES string of the molecule is N#CC(SC(=S)N1CCCC1)C1CCCCC1. The fraction of sp³-hybridized carbons (Fsp3) is 0.846. The van der Waals surface area contributed by atoms with Crippen molar-refractivity contribution >= 4 is 28.3 Å². The highest BCUT2D eigenvalue weighted by molar-refractivity contribution is 8.23. The van der Waals surface area contributed by atoms with Crippen molar-refractivity contribution in [2.45, 2.75) is 50.2 Å². The smallest absolute Gasteiger partial charge is 0.137 e. The fourth-order valence-corrected chi connectivity index (χ4v) is 4.31. The average Bonchev–Trinajstić information content (AvgIpc) is 2.90. The highest BCUT2D eigenvalue weighted by Crippen LogP contribution is 2.34. The van der Waals surface area contributed by atoms with E-state index in [9.17, 15) is 5.26 Å². The molecule has 1 saturated carbocycles. The summed E-state index contributed by atoms with van der Waals surface area (Å²) >= 11 is 7.11. The maximum absolute atomic E-state index is 9.32. The van der Waals surface area contributed by atoms with Crippen molar-refractivity contribution in [2.24, 2.45) is 5.92 Å². The molecule has 2 nitrogen and oxygen atoms in total. The van der Waals surface area contributed by atoms with Gasteiger partial charge in [-0.05, 0) is 31.6 Å². The van der Waals surface area contributed by atoms with Crippen molar-refractivity contribution in [1.82, 2.24) is 4.90 Å². The van der Waals surface area contributed by atoms with E-state index in [2.05, 4.69) is 11.0 Å². The van der Waals surface area contributed by atoms with Crippen LogP contribution in [0.4, 0.5) is 0 Å². The summed E-state index contributed by atoms with van der Waals surface area (Å²) in [6.07, 6.45) is 8.86. The minimum atomic E-state index is 0.0865. The average molecular weight is 268 g/mol. The summed E-state index contributed by atoms with van der Waals surface area (Å²) in [4.78, 5) is 2.27. The van der Waals surface area contributed by atoms with Gasteiger partial charge in [-0.3, -0.25) is 0 Å².